The molecule has 18 nitrogen and oxygen atoms in total. The summed E-state index contributed by atoms with van der Waals surface area (Å²) >= 11 is 0. The number of rotatable bonds is 16. The van der Waals surface area contributed by atoms with Gasteiger partial charge in [-0.2, -0.15) is 0 Å². The highest BCUT2D eigenvalue weighted by atomic mass is 16.8. The van der Waals surface area contributed by atoms with E-state index in [0.29, 0.717) is 16.9 Å². The number of hydrogen-bond donors (Lipinski definition) is 10. The van der Waals surface area contributed by atoms with Crippen LogP contribution >= 0.6 is 0 Å². The Morgan fingerprint density at radius 1 is 1.24 bits per heavy atom. The van der Waals surface area contributed by atoms with Gasteiger partial charge in [-0.15, -0.1) is 6.58 Å². The number of hydrogen-bond acceptors (Lipinski definition) is 14. The molecule has 0 bridgehead atoms. The lowest BCUT2D eigenvalue weighted by Gasteiger charge is -2.47. The van der Waals surface area contributed by atoms with Gasteiger partial charge in [0, 0.05) is 31.2 Å². The molecule has 0 radical (unpaired) electrons. The zero-order chi connectivity index (χ0) is 36.3. The number of ether oxygens (including phenoxy) is 5. The van der Waals surface area contributed by atoms with Crippen molar-refractivity contribution in [1.29, 1.82) is 0 Å². The molecule has 3 aliphatic heterocycles. The molecule has 3 aliphatic rings. The summed E-state index contributed by atoms with van der Waals surface area (Å²) in [7, 11) is 1.17. The van der Waals surface area contributed by atoms with Gasteiger partial charge in [0.1, 0.15) is 37.1 Å². The number of aliphatic imine (C=N–C) groups is 1. The second kappa shape index (κ2) is 18.3. The number of aliphatic hydroxyl groups excluding tert-OH is 4. The van der Waals surface area contributed by atoms with E-state index in [1.54, 1.807) is 19.1 Å². The Hall–Kier alpha value is -3.69. The molecule has 49 heavy (non-hydrogen) atoms. The second-order valence-electron chi connectivity index (χ2n) is 11.3. The minimum atomic E-state index is -2.89. The van der Waals surface area contributed by atoms with Gasteiger partial charge >= 0.3 is 11.9 Å². The fourth-order valence-electron chi connectivity index (χ4n) is 5.57. The Labute approximate surface area is 282 Å². The predicted molar refractivity (Wildman–Crippen MR) is 169 cm³/mol. The lowest BCUT2D eigenvalue weighted by atomic mass is 9.83. The van der Waals surface area contributed by atoms with Gasteiger partial charge in [0.25, 0.3) is 0 Å². The number of methoxy groups -OCH3 is 1. The number of quaternary nitrogens is 1. The zero-order valence-electron chi connectivity index (χ0n) is 27.3. The molecule has 3 rings (SSSR count). The van der Waals surface area contributed by atoms with Crippen LogP contribution in [0.15, 0.2) is 64.7 Å². The van der Waals surface area contributed by atoms with E-state index in [9.17, 15) is 40.2 Å². The maximum atomic E-state index is 12.9. The summed E-state index contributed by atoms with van der Waals surface area (Å²) in [4.78, 5) is 30.0. The summed E-state index contributed by atoms with van der Waals surface area (Å²) in [6, 6.07) is 0. The molecule has 0 aliphatic carbocycles. The molecule has 0 aromatic heterocycles. The monoisotopic (exact) mass is 699 g/mol. The molecule has 0 aromatic rings. The van der Waals surface area contributed by atoms with Gasteiger partial charge in [0.05, 0.1) is 43.8 Å². The van der Waals surface area contributed by atoms with Crippen LogP contribution in [0, 0.1) is 11.8 Å². The lowest BCUT2D eigenvalue weighted by molar-refractivity contribution is -0.843. The summed E-state index contributed by atoms with van der Waals surface area (Å²) < 4.78 is 27.8. The number of nitrogens with one attached hydrogen (secondary N) is 2. The van der Waals surface area contributed by atoms with Crippen molar-refractivity contribution in [3.8, 4) is 0 Å². The van der Waals surface area contributed by atoms with Crippen LogP contribution in [0.25, 0.3) is 0 Å². The first-order valence-electron chi connectivity index (χ1n) is 15.6. The first-order chi connectivity index (χ1) is 23.4. The van der Waals surface area contributed by atoms with Gasteiger partial charge in [-0.05, 0) is 13.3 Å². The quantitative estimate of drug-likeness (QED) is 0.0183. The minimum absolute atomic E-state index is 0.0290. The number of aliphatic hydroxyl groups is 6. The Balaban J connectivity index is 2.06. The van der Waals surface area contributed by atoms with Crippen molar-refractivity contribution in [2.45, 2.75) is 50.0 Å². The van der Waals surface area contributed by atoms with Crippen LogP contribution in [0.1, 0.15) is 13.3 Å². The van der Waals surface area contributed by atoms with Gasteiger partial charge < -0.3 is 75.4 Å². The van der Waals surface area contributed by atoms with Crippen LogP contribution in [0.2, 0.25) is 0 Å². The maximum absolute atomic E-state index is 12.9. The van der Waals surface area contributed by atoms with E-state index in [-0.39, 0.29) is 62.3 Å². The number of allylic oxidation sites excluding steroid dienone is 1. The smallest absolute Gasteiger partial charge is 0.343 e. The van der Waals surface area contributed by atoms with Crippen LogP contribution in [-0.2, 0) is 33.3 Å². The van der Waals surface area contributed by atoms with Gasteiger partial charge in [0.2, 0.25) is 12.1 Å². The van der Waals surface area contributed by atoms with Crippen LogP contribution < -0.4 is 16.0 Å². The molecule has 11 N–H and O–H groups in total. The fraction of sp³-hybridized carbons (Fsp3) is 0.581. The number of aliphatic carboxylic acids is 1. The highest BCUT2D eigenvalue weighted by Gasteiger charge is 2.57. The van der Waals surface area contributed by atoms with E-state index in [0.717, 1.165) is 6.26 Å². The van der Waals surface area contributed by atoms with Gasteiger partial charge in [-0.25, -0.2) is 9.59 Å². The van der Waals surface area contributed by atoms with Crippen LogP contribution in [0.5, 0.6) is 0 Å². The second-order valence-corrected chi connectivity index (χ2v) is 11.3. The maximum Gasteiger partial charge on any atom is 0.343 e. The molecule has 1 fully saturated rings. The standard InChI is InChI=1S/C31H46N4O14/c1-4-18-19(8-7-17-13-35(10-12-37)14-20(26(40)41)23(17)34-30(32)33-9-6-11-36)21(27(42)45-3)16-47-28(18)49-29-25(46-5-2)31(43,44)24(39)22(15-38)48-29/h4,7-8,14,16,18-19,22,24-25,28-29,36-39,43-44H,1,5-6,9-13,15H2,2-3H3,(H,40,41)(H3,32,33,34)/p+1. The van der Waals surface area contributed by atoms with Crippen LogP contribution in [0.3, 0.4) is 0 Å². The minimum Gasteiger partial charge on any atom is -0.477 e. The Morgan fingerprint density at radius 3 is 2.57 bits per heavy atom. The highest BCUT2D eigenvalue weighted by Crippen LogP contribution is 2.38. The van der Waals surface area contributed by atoms with Crippen molar-refractivity contribution >= 4 is 17.9 Å². The number of carbonyl (C=O) groups is 2. The molecule has 274 valence electrons. The van der Waals surface area contributed by atoms with E-state index < -0.39 is 67.1 Å². The number of nitrogens with zero attached hydrogens (tertiary/aromatic N) is 1. The van der Waals surface area contributed by atoms with Crippen molar-refractivity contribution in [2.75, 3.05) is 53.2 Å². The molecule has 0 amide bonds. The van der Waals surface area contributed by atoms with Crippen molar-refractivity contribution in [1.82, 2.24) is 5.32 Å². The first kappa shape index (κ1) is 39.7. The highest BCUT2D eigenvalue weighted by molar-refractivity contribution is 5.94. The number of esters is 1. The SMILES string of the molecule is C=CC1C(OC2OC(CO)C(O)C(O)(O)C2OCC)OC=C(C(=O)OC)C1C=CC1=C(NC(N)=NCCCO)C(C(=O)O)=C[NH+](CCO)C1. The average molecular weight is 700 g/mol. The largest absolute Gasteiger partial charge is 0.477 e. The molecule has 8 atom stereocenters. The van der Waals surface area contributed by atoms with Gasteiger partial charge in [0.15, 0.2) is 18.4 Å². The summed E-state index contributed by atoms with van der Waals surface area (Å²) in [6.45, 7) is 4.80. The number of carboxylic acid groups (broad SMARTS) is 1. The predicted octanol–water partition coefficient (Wildman–Crippen LogP) is -4.04. The van der Waals surface area contributed by atoms with E-state index in [1.165, 1.54) is 19.4 Å². The van der Waals surface area contributed by atoms with E-state index in [2.05, 4.69) is 16.9 Å². The summed E-state index contributed by atoms with van der Waals surface area (Å²) in [5.41, 5.74) is 6.44. The van der Waals surface area contributed by atoms with E-state index in [4.69, 9.17) is 34.5 Å². The van der Waals surface area contributed by atoms with Crippen LogP contribution in [0.4, 0.5) is 0 Å². The first-order valence-corrected chi connectivity index (χ1v) is 15.6. The zero-order valence-corrected chi connectivity index (χ0v) is 27.3. The molecule has 8 unspecified atom stereocenters. The third kappa shape index (κ3) is 9.51. The van der Waals surface area contributed by atoms with Crippen molar-refractivity contribution in [2.24, 2.45) is 22.6 Å². The van der Waals surface area contributed by atoms with E-state index in [1.807, 2.05) is 0 Å². The fourth-order valence-corrected chi connectivity index (χ4v) is 5.57. The number of carboxylic acids is 1. The topological polar surface area (TPSA) is 277 Å². The molecule has 18 heteroatoms. The molecule has 0 aromatic carbocycles. The molecular weight excluding hydrogens is 652 g/mol. The molecular formula is C31H47N4O14+. The van der Waals surface area contributed by atoms with E-state index >= 15 is 0 Å². The number of nitrogens with two attached hydrogens (primary N) is 1. The number of guanidine groups is 1. The molecule has 0 saturated carbocycles. The Kier molecular flexibility index (Phi) is 14.9. The number of carbonyl (C=O) groups excluding carboxylic acids is 1. The summed E-state index contributed by atoms with van der Waals surface area (Å²) in [5.74, 6) is -6.82. The molecule has 0 spiro atoms. The summed E-state index contributed by atoms with van der Waals surface area (Å²) in [5, 5.41) is 73.1. The Morgan fingerprint density at radius 2 is 1.98 bits per heavy atom. The van der Waals surface area contributed by atoms with Gasteiger partial charge in [-0.1, -0.05) is 18.2 Å². The lowest BCUT2D eigenvalue weighted by Crippen LogP contribution is -3.09. The Bertz CT molecular complexity index is 1330. The van der Waals surface area contributed by atoms with Crippen LogP contribution in [-0.4, -0.2) is 143 Å². The molecule has 1 saturated heterocycles. The third-order valence-electron chi connectivity index (χ3n) is 8.04. The van der Waals surface area contributed by atoms with Gasteiger partial charge in [-0.3, -0.25) is 4.99 Å². The van der Waals surface area contributed by atoms with Crippen molar-refractivity contribution in [3.05, 3.63) is 59.7 Å². The molecule has 3 heterocycles. The third-order valence-corrected chi connectivity index (χ3v) is 8.04. The summed E-state index contributed by atoms with van der Waals surface area (Å²) in [6.07, 6.45) is -0.542. The van der Waals surface area contributed by atoms with Crippen molar-refractivity contribution in [3.63, 3.8) is 0 Å². The van der Waals surface area contributed by atoms with Crippen molar-refractivity contribution < 1.29 is 73.9 Å². The average Bonchev–Trinajstić information content (AvgIpc) is 3.07. The normalized spacial score (nSPS) is 30.3.